The average Bonchev–Trinajstić information content (AvgIpc) is 2.57. The number of amides is 1. The summed E-state index contributed by atoms with van der Waals surface area (Å²) in [5.41, 5.74) is 0.507. The van der Waals surface area contributed by atoms with Gasteiger partial charge in [-0.25, -0.2) is 4.39 Å². The van der Waals surface area contributed by atoms with Crippen LogP contribution in [0.25, 0.3) is 0 Å². The van der Waals surface area contributed by atoms with Crippen molar-refractivity contribution in [2.45, 2.75) is 6.42 Å². The summed E-state index contributed by atoms with van der Waals surface area (Å²) in [6.07, 6.45) is 1.05. The Labute approximate surface area is 118 Å². The molecule has 1 amide bonds. The van der Waals surface area contributed by atoms with Crippen LogP contribution in [0.3, 0.4) is 0 Å². The van der Waals surface area contributed by atoms with Gasteiger partial charge >= 0.3 is 0 Å². The maximum Gasteiger partial charge on any atom is 0.238 e. The summed E-state index contributed by atoms with van der Waals surface area (Å²) >= 11 is 0. The standard InChI is InChI=1S/C13H18FN3O.ClH/c14-11-3-1-4-12(9-11)16-13(18)10-17-7-2-5-15-6-8-17;/h1,3-4,9,15H,2,5-8,10H2,(H,16,18);1H. The third-order valence-electron chi connectivity index (χ3n) is 2.91. The molecule has 0 aromatic heterocycles. The van der Waals surface area contributed by atoms with Crippen molar-refractivity contribution in [2.24, 2.45) is 0 Å². The SMILES string of the molecule is Cl.O=C(CN1CCCNCC1)Nc1cccc(F)c1. The molecule has 0 bridgehead atoms. The van der Waals surface area contributed by atoms with Crippen LogP contribution < -0.4 is 10.6 Å². The highest BCUT2D eigenvalue weighted by Crippen LogP contribution is 2.09. The predicted molar refractivity (Wildman–Crippen MR) is 76.2 cm³/mol. The number of halogens is 2. The van der Waals surface area contributed by atoms with Crippen molar-refractivity contribution in [2.75, 3.05) is 38.0 Å². The van der Waals surface area contributed by atoms with Gasteiger partial charge in [-0.2, -0.15) is 0 Å². The van der Waals surface area contributed by atoms with Crippen LogP contribution in [-0.4, -0.2) is 43.5 Å². The van der Waals surface area contributed by atoms with Crippen molar-refractivity contribution < 1.29 is 9.18 Å². The Morgan fingerprint density at radius 2 is 2.21 bits per heavy atom. The molecule has 1 saturated heterocycles. The van der Waals surface area contributed by atoms with E-state index in [1.165, 1.54) is 12.1 Å². The number of carbonyl (C=O) groups is 1. The number of hydrogen-bond acceptors (Lipinski definition) is 3. The Bertz CT molecular complexity index is 409. The lowest BCUT2D eigenvalue weighted by molar-refractivity contribution is -0.117. The molecule has 1 fully saturated rings. The lowest BCUT2D eigenvalue weighted by Gasteiger charge is -2.18. The molecule has 0 radical (unpaired) electrons. The van der Waals surface area contributed by atoms with Gasteiger partial charge in [-0.3, -0.25) is 9.69 Å². The molecule has 0 unspecified atom stereocenters. The van der Waals surface area contributed by atoms with Gasteiger partial charge in [-0.05, 0) is 37.7 Å². The highest BCUT2D eigenvalue weighted by Gasteiger charge is 2.12. The molecule has 1 heterocycles. The van der Waals surface area contributed by atoms with Gasteiger partial charge in [0.2, 0.25) is 5.91 Å². The second-order valence-corrected chi connectivity index (χ2v) is 4.44. The number of carbonyl (C=O) groups excluding carboxylic acids is 1. The Morgan fingerprint density at radius 1 is 1.37 bits per heavy atom. The van der Waals surface area contributed by atoms with Crippen LogP contribution in [0.1, 0.15) is 6.42 Å². The third-order valence-corrected chi connectivity index (χ3v) is 2.91. The minimum absolute atomic E-state index is 0. The Kier molecular flexibility index (Phi) is 6.77. The van der Waals surface area contributed by atoms with Gasteiger partial charge in [-0.15, -0.1) is 12.4 Å². The molecule has 0 saturated carbocycles. The lowest BCUT2D eigenvalue weighted by atomic mass is 10.3. The fourth-order valence-electron chi connectivity index (χ4n) is 2.03. The minimum Gasteiger partial charge on any atom is -0.325 e. The Balaban J connectivity index is 0.00000180. The average molecular weight is 288 g/mol. The fraction of sp³-hybridized carbons (Fsp3) is 0.462. The largest absolute Gasteiger partial charge is 0.325 e. The summed E-state index contributed by atoms with van der Waals surface area (Å²) in [6, 6.07) is 5.95. The normalized spacial score (nSPS) is 16.3. The predicted octanol–water partition coefficient (Wildman–Crippen LogP) is 1.48. The second-order valence-electron chi connectivity index (χ2n) is 4.44. The van der Waals surface area contributed by atoms with Crippen molar-refractivity contribution in [1.82, 2.24) is 10.2 Å². The van der Waals surface area contributed by atoms with Crippen LogP contribution in [0.2, 0.25) is 0 Å². The van der Waals surface area contributed by atoms with E-state index in [9.17, 15) is 9.18 Å². The topological polar surface area (TPSA) is 44.4 Å². The lowest BCUT2D eigenvalue weighted by Crippen LogP contribution is -2.35. The number of nitrogens with one attached hydrogen (secondary N) is 2. The number of rotatable bonds is 3. The first-order valence-corrected chi connectivity index (χ1v) is 6.22. The van der Waals surface area contributed by atoms with E-state index in [0.29, 0.717) is 12.2 Å². The van der Waals surface area contributed by atoms with Gasteiger partial charge in [0, 0.05) is 18.8 Å². The zero-order valence-electron chi connectivity index (χ0n) is 10.7. The van der Waals surface area contributed by atoms with Crippen molar-refractivity contribution in [3.05, 3.63) is 30.1 Å². The number of hydrogen-bond donors (Lipinski definition) is 2. The fourth-order valence-corrected chi connectivity index (χ4v) is 2.03. The molecule has 106 valence electrons. The number of nitrogens with zero attached hydrogens (tertiary/aromatic N) is 1. The van der Waals surface area contributed by atoms with Crippen LogP contribution in [0.4, 0.5) is 10.1 Å². The monoisotopic (exact) mass is 287 g/mol. The van der Waals surface area contributed by atoms with Crippen molar-refractivity contribution in [3.8, 4) is 0 Å². The Morgan fingerprint density at radius 3 is 3.00 bits per heavy atom. The molecule has 0 spiro atoms. The zero-order chi connectivity index (χ0) is 12.8. The molecule has 1 aromatic rings. The van der Waals surface area contributed by atoms with Crippen LogP contribution in [0, 0.1) is 5.82 Å². The molecule has 0 aliphatic carbocycles. The highest BCUT2D eigenvalue weighted by atomic mass is 35.5. The maximum atomic E-state index is 13.0. The van der Waals surface area contributed by atoms with E-state index < -0.39 is 0 Å². The molecule has 1 aliphatic heterocycles. The van der Waals surface area contributed by atoms with E-state index in [1.54, 1.807) is 12.1 Å². The maximum absolute atomic E-state index is 13.0. The summed E-state index contributed by atoms with van der Waals surface area (Å²) in [7, 11) is 0. The van der Waals surface area contributed by atoms with Crippen LogP contribution in [0.15, 0.2) is 24.3 Å². The van der Waals surface area contributed by atoms with Gasteiger partial charge in [0.15, 0.2) is 0 Å². The van der Waals surface area contributed by atoms with Crippen LogP contribution >= 0.6 is 12.4 Å². The molecule has 6 heteroatoms. The van der Waals surface area contributed by atoms with Crippen molar-refractivity contribution in [3.63, 3.8) is 0 Å². The summed E-state index contributed by atoms with van der Waals surface area (Å²) in [6.45, 7) is 4.06. The molecule has 19 heavy (non-hydrogen) atoms. The first-order valence-electron chi connectivity index (χ1n) is 6.22. The third kappa shape index (κ3) is 5.55. The molecular formula is C13H19ClFN3O. The minimum atomic E-state index is -0.341. The molecule has 1 aromatic carbocycles. The molecule has 4 nitrogen and oxygen atoms in total. The molecule has 2 N–H and O–H groups in total. The molecular weight excluding hydrogens is 269 g/mol. The van der Waals surface area contributed by atoms with E-state index in [4.69, 9.17) is 0 Å². The van der Waals surface area contributed by atoms with E-state index in [-0.39, 0.29) is 24.1 Å². The first kappa shape index (κ1) is 15.9. The zero-order valence-corrected chi connectivity index (χ0v) is 11.5. The van der Waals surface area contributed by atoms with Crippen molar-refractivity contribution >= 4 is 24.0 Å². The molecule has 2 rings (SSSR count). The number of benzene rings is 1. The van der Waals surface area contributed by atoms with E-state index in [1.807, 2.05) is 0 Å². The molecule has 1 aliphatic rings. The quantitative estimate of drug-likeness (QED) is 0.885. The summed E-state index contributed by atoms with van der Waals surface area (Å²) < 4.78 is 13.0. The molecule has 0 atom stereocenters. The summed E-state index contributed by atoms with van der Waals surface area (Å²) in [5.74, 6) is -0.436. The summed E-state index contributed by atoms with van der Waals surface area (Å²) in [5, 5.41) is 5.99. The van der Waals surface area contributed by atoms with Gasteiger partial charge in [0.1, 0.15) is 5.82 Å². The Hall–Kier alpha value is -1.17. The highest BCUT2D eigenvalue weighted by molar-refractivity contribution is 5.92. The van der Waals surface area contributed by atoms with E-state index in [0.717, 1.165) is 32.6 Å². The van der Waals surface area contributed by atoms with Crippen LogP contribution in [0.5, 0.6) is 0 Å². The van der Waals surface area contributed by atoms with E-state index >= 15 is 0 Å². The second kappa shape index (κ2) is 8.09. The van der Waals surface area contributed by atoms with Gasteiger partial charge in [-0.1, -0.05) is 6.07 Å². The van der Waals surface area contributed by atoms with Crippen molar-refractivity contribution in [1.29, 1.82) is 0 Å². The summed E-state index contributed by atoms with van der Waals surface area (Å²) in [4.78, 5) is 13.9. The van der Waals surface area contributed by atoms with Crippen LogP contribution in [-0.2, 0) is 4.79 Å². The van der Waals surface area contributed by atoms with Gasteiger partial charge < -0.3 is 10.6 Å². The van der Waals surface area contributed by atoms with E-state index in [2.05, 4.69) is 15.5 Å². The van der Waals surface area contributed by atoms with Gasteiger partial charge in [0.25, 0.3) is 0 Å². The smallest absolute Gasteiger partial charge is 0.238 e. The van der Waals surface area contributed by atoms with Gasteiger partial charge in [0.05, 0.1) is 6.54 Å². The number of anilines is 1. The first-order chi connectivity index (χ1) is 8.74.